The van der Waals surface area contributed by atoms with E-state index in [1.807, 2.05) is 6.08 Å². The Morgan fingerprint density at radius 2 is 0.730 bits per heavy atom. The van der Waals surface area contributed by atoms with E-state index >= 15 is 0 Å². The number of amides is 1. The van der Waals surface area contributed by atoms with Crippen LogP contribution in [0.2, 0.25) is 0 Å². The predicted molar refractivity (Wildman–Crippen MR) is 273 cm³/mol. The Kier molecular flexibility index (Phi) is 52.0. The van der Waals surface area contributed by atoms with Crippen molar-refractivity contribution in [3.05, 3.63) is 12.2 Å². The molecular formula is C57H111NO5. The van der Waals surface area contributed by atoms with E-state index in [-0.39, 0.29) is 18.5 Å². The predicted octanol–water partition coefficient (Wildman–Crippen LogP) is 17.3. The summed E-state index contributed by atoms with van der Waals surface area (Å²) in [5.41, 5.74) is 0. The molecular weight excluding hydrogens is 779 g/mol. The van der Waals surface area contributed by atoms with Gasteiger partial charge in [-0.05, 0) is 32.1 Å². The lowest BCUT2D eigenvalue weighted by Gasteiger charge is -2.20. The number of hydrogen-bond acceptors (Lipinski definition) is 5. The Morgan fingerprint density at radius 1 is 0.429 bits per heavy atom. The van der Waals surface area contributed by atoms with Gasteiger partial charge < -0.3 is 20.3 Å². The summed E-state index contributed by atoms with van der Waals surface area (Å²) in [7, 11) is 0. The van der Waals surface area contributed by atoms with Crippen LogP contribution in [0, 0.1) is 0 Å². The molecule has 0 saturated heterocycles. The second kappa shape index (κ2) is 53.2. The number of ether oxygens (including phenoxy) is 1. The van der Waals surface area contributed by atoms with Gasteiger partial charge in [0, 0.05) is 12.8 Å². The molecule has 0 bridgehead atoms. The highest BCUT2D eigenvalue weighted by atomic mass is 16.5. The van der Waals surface area contributed by atoms with Crippen LogP contribution in [0.15, 0.2) is 12.2 Å². The van der Waals surface area contributed by atoms with Crippen molar-refractivity contribution in [2.24, 2.45) is 0 Å². The number of aliphatic hydroxyl groups is 2. The number of nitrogens with one attached hydrogen (secondary N) is 1. The number of aliphatic hydroxyl groups excluding tert-OH is 2. The molecule has 6 nitrogen and oxygen atoms in total. The molecule has 0 rings (SSSR count). The Morgan fingerprint density at radius 3 is 1.08 bits per heavy atom. The maximum absolute atomic E-state index is 12.5. The van der Waals surface area contributed by atoms with Gasteiger partial charge in [-0.2, -0.15) is 0 Å². The van der Waals surface area contributed by atoms with Crippen LogP contribution in [0.25, 0.3) is 0 Å². The van der Waals surface area contributed by atoms with Gasteiger partial charge >= 0.3 is 5.97 Å². The van der Waals surface area contributed by atoms with Crippen molar-refractivity contribution in [1.82, 2.24) is 5.32 Å². The molecule has 2 atom stereocenters. The first-order valence-electron chi connectivity index (χ1n) is 28.5. The number of esters is 1. The van der Waals surface area contributed by atoms with E-state index in [9.17, 15) is 19.8 Å². The lowest BCUT2D eigenvalue weighted by molar-refractivity contribution is -0.143. The van der Waals surface area contributed by atoms with Crippen LogP contribution in [0.1, 0.15) is 316 Å². The molecule has 0 aromatic rings. The van der Waals surface area contributed by atoms with Crippen LogP contribution >= 0.6 is 0 Å². The van der Waals surface area contributed by atoms with Gasteiger partial charge in [0.15, 0.2) is 0 Å². The van der Waals surface area contributed by atoms with E-state index in [1.54, 1.807) is 6.08 Å². The average molecular weight is 891 g/mol. The van der Waals surface area contributed by atoms with Gasteiger partial charge in [-0.15, -0.1) is 0 Å². The van der Waals surface area contributed by atoms with Crippen molar-refractivity contribution in [2.45, 2.75) is 328 Å². The molecule has 0 aromatic carbocycles. The molecule has 2 unspecified atom stereocenters. The zero-order chi connectivity index (χ0) is 45.8. The van der Waals surface area contributed by atoms with Gasteiger partial charge in [-0.1, -0.05) is 283 Å². The summed E-state index contributed by atoms with van der Waals surface area (Å²) in [4.78, 5) is 24.5. The monoisotopic (exact) mass is 890 g/mol. The molecule has 3 N–H and O–H groups in total. The van der Waals surface area contributed by atoms with Crippen LogP contribution in [-0.4, -0.2) is 47.4 Å². The highest BCUT2D eigenvalue weighted by Gasteiger charge is 2.18. The van der Waals surface area contributed by atoms with Gasteiger partial charge in [0.05, 0.1) is 25.4 Å². The van der Waals surface area contributed by atoms with Crippen LogP contribution in [0.4, 0.5) is 0 Å². The summed E-state index contributed by atoms with van der Waals surface area (Å²) >= 11 is 0. The van der Waals surface area contributed by atoms with Crippen LogP contribution < -0.4 is 5.32 Å². The zero-order valence-corrected chi connectivity index (χ0v) is 42.6. The summed E-state index contributed by atoms with van der Waals surface area (Å²) in [5.74, 6) is -0.0695. The molecule has 6 heteroatoms. The van der Waals surface area contributed by atoms with E-state index in [4.69, 9.17) is 4.74 Å². The van der Waals surface area contributed by atoms with Crippen molar-refractivity contribution in [3.8, 4) is 0 Å². The molecule has 1 amide bonds. The highest BCUT2D eigenvalue weighted by molar-refractivity contribution is 5.76. The minimum absolute atomic E-state index is 0.00238. The molecule has 0 heterocycles. The van der Waals surface area contributed by atoms with E-state index in [0.717, 1.165) is 44.9 Å². The summed E-state index contributed by atoms with van der Waals surface area (Å²) in [5, 5.41) is 23.1. The molecule has 0 aliphatic heterocycles. The maximum atomic E-state index is 12.5. The van der Waals surface area contributed by atoms with Crippen molar-refractivity contribution in [3.63, 3.8) is 0 Å². The van der Waals surface area contributed by atoms with Crippen LogP contribution in [0.3, 0.4) is 0 Å². The molecule has 0 radical (unpaired) electrons. The lowest BCUT2D eigenvalue weighted by atomic mass is 10.0. The van der Waals surface area contributed by atoms with Crippen molar-refractivity contribution in [1.29, 1.82) is 0 Å². The fraction of sp³-hybridized carbons (Fsp3) is 0.930. The molecule has 0 aliphatic carbocycles. The van der Waals surface area contributed by atoms with Crippen LogP contribution in [-0.2, 0) is 14.3 Å². The molecule has 0 saturated carbocycles. The minimum atomic E-state index is -0.848. The number of carbonyl (C=O) groups is 2. The van der Waals surface area contributed by atoms with Crippen molar-refractivity contribution in [2.75, 3.05) is 13.2 Å². The Labute approximate surface area is 393 Å². The van der Waals surface area contributed by atoms with Crippen molar-refractivity contribution < 1.29 is 24.5 Å². The maximum Gasteiger partial charge on any atom is 0.305 e. The molecule has 0 aliphatic rings. The normalized spacial score (nSPS) is 12.6. The standard InChI is InChI=1S/C57H111NO5/c1-3-5-7-9-11-13-15-16-17-18-19-20-23-26-30-33-37-41-45-49-55(60)54(53-59)58-56(61)50-46-42-38-34-31-27-24-21-22-25-28-32-36-40-44-48-52-63-57(62)51-47-43-39-35-29-14-12-10-8-6-4-2/h45,49,54-55,59-60H,3-44,46-48,50-53H2,1-2H3,(H,58,61)/b49-45+. The SMILES string of the molecule is CCCCCCCCCCCCCCCCCCC/C=C/C(O)C(CO)NC(=O)CCCCCCCCCCCCCCCCCCOC(=O)CCCCCCCCCCCCC. The Bertz CT molecular complexity index is 939. The quantitative estimate of drug-likeness (QED) is 0.0321. The Hall–Kier alpha value is -1.40. The van der Waals surface area contributed by atoms with E-state index in [0.29, 0.717) is 19.4 Å². The highest BCUT2D eigenvalue weighted by Crippen LogP contribution is 2.17. The van der Waals surface area contributed by atoms with Crippen LogP contribution in [0.5, 0.6) is 0 Å². The van der Waals surface area contributed by atoms with Gasteiger partial charge in [0.25, 0.3) is 0 Å². The van der Waals surface area contributed by atoms with Gasteiger partial charge in [0.1, 0.15) is 0 Å². The smallest absolute Gasteiger partial charge is 0.305 e. The van der Waals surface area contributed by atoms with Gasteiger partial charge in [-0.25, -0.2) is 0 Å². The summed E-state index contributed by atoms with van der Waals surface area (Å²) in [6.07, 6.45) is 62.2. The fourth-order valence-electron chi connectivity index (χ4n) is 8.93. The van der Waals surface area contributed by atoms with E-state index in [1.165, 1.54) is 244 Å². The van der Waals surface area contributed by atoms with Gasteiger partial charge in [-0.3, -0.25) is 9.59 Å². The third kappa shape index (κ3) is 49.9. The second-order valence-corrected chi connectivity index (χ2v) is 19.6. The largest absolute Gasteiger partial charge is 0.466 e. The topological polar surface area (TPSA) is 95.9 Å². The molecule has 0 spiro atoms. The number of hydrogen-bond donors (Lipinski definition) is 3. The third-order valence-electron chi connectivity index (χ3n) is 13.3. The molecule has 0 fully saturated rings. The molecule has 63 heavy (non-hydrogen) atoms. The first-order valence-corrected chi connectivity index (χ1v) is 28.5. The lowest BCUT2D eigenvalue weighted by Crippen LogP contribution is -2.45. The van der Waals surface area contributed by atoms with Gasteiger partial charge in [0.2, 0.25) is 5.91 Å². The first-order chi connectivity index (χ1) is 31.0. The number of unbranched alkanes of at least 4 members (excludes halogenated alkanes) is 42. The summed E-state index contributed by atoms with van der Waals surface area (Å²) in [6.45, 7) is 4.90. The summed E-state index contributed by atoms with van der Waals surface area (Å²) in [6, 6.07) is -0.632. The summed E-state index contributed by atoms with van der Waals surface area (Å²) < 4.78 is 5.46. The minimum Gasteiger partial charge on any atom is -0.466 e. The number of carbonyl (C=O) groups excluding carboxylic acids is 2. The molecule has 374 valence electrons. The molecule has 0 aromatic heterocycles. The Balaban J connectivity index is 3.46. The number of allylic oxidation sites excluding steroid dienone is 1. The fourth-order valence-corrected chi connectivity index (χ4v) is 8.93. The van der Waals surface area contributed by atoms with Crippen molar-refractivity contribution >= 4 is 11.9 Å². The second-order valence-electron chi connectivity index (χ2n) is 19.6. The number of rotatable bonds is 53. The van der Waals surface area contributed by atoms with E-state index < -0.39 is 12.1 Å². The van der Waals surface area contributed by atoms with E-state index in [2.05, 4.69) is 19.2 Å². The average Bonchev–Trinajstić information content (AvgIpc) is 3.28. The zero-order valence-electron chi connectivity index (χ0n) is 42.6. The first kappa shape index (κ1) is 61.6. The third-order valence-corrected chi connectivity index (χ3v) is 13.3.